The Morgan fingerprint density at radius 1 is 0.760 bits per heavy atom. The van der Waals surface area contributed by atoms with Gasteiger partial charge in [-0.05, 0) is 51.4 Å². The number of aliphatic hydroxyl groups excluding tert-OH is 1. The van der Waals surface area contributed by atoms with Gasteiger partial charge in [0.15, 0.2) is 0 Å². The molecular formula is C22H34O3. The summed E-state index contributed by atoms with van der Waals surface area (Å²) in [7, 11) is 0. The van der Waals surface area contributed by atoms with Crippen LogP contribution in [0.1, 0.15) is 64.7 Å². The average Bonchev–Trinajstić information content (AvgIpc) is 2.57. The standard InChI is InChI=1S/C22H34O3/c1-2-3-4-5-6-7-8-9-10-11-12-13-14-15-16-17-18-19-21(23)20-22(24)25/h3-4,7-8,10-11,14-15,18-19,21,23H,2,5-6,9,12-13,16-17,20H2,1H3,(H,24,25). The Morgan fingerprint density at radius 2 is 1.20 bits per heavy atom. The van der Waals surface area contributed by atoms with Gasteiger partial charge >= 0.3 is 5.97 Å². The van der Waals surface area contributed by atoms with Gasteiger partial charge in [-0.25, -0.2) is 0 Å². The molecule has 0 amide bonds. The molecule has 0 rings (SSSR count). The number of aliphatic hydroxyl groups is 1. The van der Waals surface area contributed by atoms with Gasteiger partial charge in [0.2, 0.25) is 0 Å². The van der Waals surface area contributed by atoms with Crippen LogP contribution < -0.4 is 0 Å². The molecule has 3 nitrogen and oxygen atoms in total. The van der Waals surface area contributed by atoms with Crippen molar-refractivity contribution < 1.29 is 15.0 Å². The number of aliphatic carboxylic acids is 1. The van der Waals surface area contributed by atoms with Gasteiger partial charge in [0.05, 0.1) is 12.5 Å². The molecule has 0 aromatic heterocycles. The maximum absolute atomic E-state index is 10.4. The first kappa shape index (κ1) is 23.1. The fraction of sp³-hybridized carbons (Fsp3) is 0.500. The smallest absolute Gasteiger partial charge is 0.306 e. The van der Waals surface area contributed by atoms with Crippen molar-refractivity contribution in [2.45, 2.75) is 70.8 Å². The minimum Gasteiger partial charge on any atom is -0.481 e. The first-order valence-corrected chi connectivity index (χ1v) is 9.33. The quantitative estimate of drug-likeness (QED) is 0.293. The second-order valence-corrected chi connectivity index (χ2v) is 5.85. The summed E-state index contributed by atoms with van der Waals surface area (Å²) in [6, 6.07) is 0. The van der Waals surface area contributed by atoms with E-state index in [2.05, 4.69) is 55.5 Å². The molecule has 0 aromatic rings. The van der Waals surface area contributed by atoms with E-state index < -0.39 is 12.1 Å². The molecule has 25 heavy (non-hydrogen) atoms. The molecular weight excluding hydrogens is 312 g/mol. The lowest BCUT2D eigenvalue weighted by atomic mass is 10.2. The highest BCUT2D eigenvalue weighted by atomic mass is 16.4. The van der Waals surface area contributed by atoms with Gasteiger partial charge in [0.25, 0.3) is 0 Å². The molecule has 0 aliphatic rings. The molecule has 0 radical (unpaired) electrons. The number of carbonyl (C=O) groups is 1. The van der Waals surface area contributed by atoms with Crippen LogP contribution in [-0.4, -0.2) is 22.3 Å². The zero-order chi connectivity index (χ0) is 18.6. The van der Waals surface area contributed by atoms with E-state index in [1.165, 1.54) is 0 Å². The first-order valence-electron chi connectivity index (χ1n) is 9.33. The van der Waals surface area contributed by atoms with Gasteiger partial charge < -0.3 is 10.2 Å². The van der Waals surface area contributed by atoms with Crippen LogP contribution in [-0.2, 0) is 4.79 Å². The average molecular weight is 347 g/mol. The number of rotatable bonds is 15. The summed E-state index contributed by atoms with van der Waals surface area (Å²) in [5.74, 6) is -0.982. The highest BCUT2D eigenvalue weighted by molar-refractivity contribution is 5.67. The minimum absolute atomic E-state index is 0.232. The maximum Gasteiger partial charge on any atom is 0.306 e. The summed E-state index contributed by atoms with van der Waals surface area (Å²) >= 11 is 0. The van der Waals surface area contributed by atoms with Crippen LogP contribution >= 0.6 is 0 Å². The van der Waals surface area contributed by atoms with Crippen molar-refractivity contribution in [3.8, 4) is 0 Å². The monoisotopic (exact) mass is 346 g/mol. The molecule has 0 bridgehead atoms. The normalized spacial score (nSPS) is 14.0. The zero-order valence-corrected chi connectivity index (χ0v) is 15.5. The SMILES string of the molecule is CCC=CCCC=CCC=CCCC=CCCC=CC(O)CC(=O)O. The summed E-state index contributed by atoms with van der Waals surface area (Å²) in [4.78, 5) is 10.4. The Bertz CT molecular complexity index is 456. The van der Waals surface area contributed by atoms with Crippen molar-refractivity contribution in [1.82, 2.24) is 0 Å². The number of carboxylic acid groups (broad SMARTS) is 1. The molecule has 0 saturated heterocycles. The third-order valence-electron chi connectivity index (χ3n) is 3.42. The molecule has 0 aromatic carbocycles. The van der Waals surface area contributed by atoms with Gasteiger partial charge in [-0.15, -0.1) is 0 Å². The third kappa shape index (κ3) is 20.1. The predicted molar refractivity (Wildman–Crippen MR) is 107 cm³/mol. The number of unbranched alkanes of at least 4 members (excludes halogenated alkanes) is 3. The van der Waals surface area contributed by atoms with E-state index in [-0.39, 0.29) is 6.42 Å². The van der Waals surface area contributed by atoms with Crippen molar-refractivity contribution in [3.05, 3.63) is 60.8 Å². The zero-order valence-electron chi connectivity index (χ0n) is 15.5. The largest absolute Gasteiger partial charge is 0.481 e. The van der Waals surface area contributed by atoms with Crippen molar-refractivity contribution in [1.29, 1.82) is 0 Å². The van der Waals surface area contributed by atoms with Crippen LogP contribution in [0.5, 0.6) is 0 Å². The molecule has 2 N–H and O–H groups in total. The Labute approximate surface area is 153 Å². The van der Waals surface area contributed by atoms with Crippen molar-refractivity contribution in [3.63, 3.8) is 0 Å². The van der Waals surface area contributed by atoms with Crippen LogP contribution in [0.3, 0.4) is 0 Å². The summed E-state index contributed by atoms with van der Waals surface area (Å²) in [5, 5.41) is 17.9. The Balaban J connectivity index is 3.50. The summed E-state index contributed by atoms with van der Waals surface area (Å²) in [5.41, 5.74) is 0. The Morgan fingerprint density at radius 3 is 1.68 bits per heavy atom. The van der Waals surface area contributed by atoms with Crippen LogP contribution in [0.25, 0.3) is 0 Å². The van der Waals surface area contributed by atoms with Crippen molar-refractivity contribution >= 4 is 5.97 Å². The maximum atomic E-state index is 10.4. The van der Waals surface area contributed by atoms with E-state index >= 15 is 0 Å². The van der Waals surface area contributed by atoms with Crippen LogP contribution in [0, 0.1) is 0 Å². The number of hydrogen-bond donors (Lipinski definition) is 2. The van der Waals surface area contributed by atoms with E-state index in [4.69, 9.17) is 5.11 Å². The lowest BCUT2D eigenvalue weighted by molar-refractivity contribution is -0.138. The molecule has 0 aliphatic heterocycles. The fourth-order valence-corrected chi connectivity index (χ4v) is 2.10. The lowest BCUT2D eigenvalue weighted by Gasteiger charge is -1.99. The molecule has 0 fully saturated rings. The third-order valence-corrected chi connectivity index (χ3v) is 3.42. The predicted octanol–water partition coefficient (Wildman–Crippen LogP) is 5.74. The van der Waals surface area contributed by atoms with Gasteiger partial charge in [-0.2, -0.15) is 0 Å². The molecule has 1 atom stereocenters. The molecule has 0 aliphatic carbocycles. The van der Waals surface area contributed by atoms with E-state index in [0.29, 0.717) is 0 Å². The second-order valence-electron chi connectivity index (χ2n) is 5.85. The second kappa shape index (κ2) is 18.5. The number of allylic oxidation sites excluding steroid dienone is 9. The Hall–Kier alpha value is -1.87. The highest BCUT2D eigenvalue weighted by Crippen LogP contribution is 2.01. The van der Waals surface area contributed by atoms with Gasteiger partial charge in [0.1, 0.15) is 0 Å². The molecule has 140 valence electrons. The molecule has 0 heterocycles. The number of hydrogen-bond acceptors (Lipinski definition) is 2. The Kier molecular flexibility index (Phi) is 17.1. The molecule has 3 heteroatoms. The van der Waals surface area contributed by atoms with Crippen molar-refractivity contribution in [2.75, 3.05) is 0 Å². The van der Waals surface area contributed by atoms with E-state index in [0.717, 1.165) is 51.4 Å². The van der Waals surface area contributed by atoms with Crippen molar-refractivity contribution in [2.24, 2.45) is 0 Å². The van der Waals surface area contributed by atoms with Gasteiger partial charge in [-0.1, -0.05) is 67.7 Å². The van der Waals surface area contributed by atoms with Crippen LogP contribution in [0.15, 0.2) is 60.8 Å². The summed E-state index contributed by atoms with van der Waals surface area (Å²) < 4.78 is 0. The highest BCUT2D eigenvalue weighted by Gasteiger charge is 2.03. The lowest BCUT2D eigenvalue weighted by Crippen LogP contribution is -2.09. The number of carboxylic acids is 1. The van der Waals surface area contributed by atoms with Crippen LogP contribution in [0.2, 0.25) is 0 Å². The summed E-state index contributed by atoms with van der Waals surface area (Å²) in [6.45, 7) is 2.15. The molecule has 1 unspecified atom stereocenters. The molecule has 0 spiro atoms. The van der Waals surface area contributed by atoms with Gasteiger partial charge in [-0.3, -0.25) is 4.79 Å². The van der Waals surface area contributed by atoms with E-state index in [9.17, 15) is 9.90 Å². The summed E-state index contributed by atoms with van der Waals surface area (Å²) in [6.07, 6.45) is 28.1. The first-order chi connectivity index (χ1) is 12.2. The van der Waals surface area contributed by atoms with Crippen LogP contribution in [0.4, 0.5) is 0 Å². The van der Waals surface area contributed by atoms with Gasteiger partial charge in [0, 0.05) is 0 Å². The minimum atomic E-state index is -0.982. The van der Waals surface area contributed by atoms with E-state index in [1.807, 2.05) is 6.08 Å². The fourth-order valence-electron chi connectivity index (χ4n) is 2.10. The topological polar surface area (TPSA) is 57.5 Å². The molecule has 0 saturated carbocycles. The van der Waals surface area contributed by atoms with E-state index in [1.54, 1.807) is 6.08 Å².